The average molecular weight is 221 g/mol. The van der Waals surface area contributed by atoms with Crippen LogP contribution < -0.4 is 0 Å². The third kappa shape index (κ3) is 6.96. The van der Waals surface area contributed by atoms with Gasteiger partial charge in [0.1, 0.15) is 0 Å². The Balaban J connectivity index is 0. The van der Waals surface area contributed by atoms with Crippen LogP contribution in [0.3, 0.4) is 0 Å². The van der Waals surface area contributed by atoms with E-state index in [1.54, 1.807) is 0 Å². The quantitative estimate of drug-likeness (QED) is 0.754. The molecule has 0 saturated heterocycles. The Morgan fingerprint density at radius 1 is 1.30 bits per heavy atom. The second kappa shape index (κ2) is 9.84. The van der Waals surface area contributed by atoms with E-state index >= 15 is 0 Å². The summed E-state index contributed by atoms with van der Waals surface area (Å²) < 4.78 is 0. The van der Waals surface area contributed by atoms with Gasteiger partial charge in [0.2, 0.25) is 0 Å². The monoisotopic (exact) mass is 220 g/mol. The molecule has 0 aliphatic rings. The third-order valence-corrected chi connectivity index (χ3v) is 1.80. The maximum Gasteiger partial charge on any atom is 0.0459 e. The number of hydrogen-bond acceptors (Lipinski definition) is 1. The molecule has 0 saturated carbocycles. The van der Waals surface area contributed by atoms with E-state index in [1.165, 1.54) is 19.3 Å². The van der Waals surface area contributed by atoms with Gasteiger partial charge in [-0.25, -0.2) is 0 Å². The maximum atomic E-state index is 8.75. The summed E-state index contributed by atoms with van der Waals surface area (Å²) in [6.07, 6.45) is 4.83. The van der Waals surface area contributed by atoms with Crippen LogP contribution in [0.1, 0.15) is 39.5 Å². The average Bonchev–Trinajstić information content (AvgIpc) is 1.91. The molecule has 1 nitrogen and oxygen atoms in total. The van der Waals surface area contributed by atoms with Gasteiger partial charge in [-0.2, -0.15) is 0 Å². The SMILES string of the molecule is CCCCC(CC)CO.[Zr]. The van der Waals surface area contributed by atoms with E-state index < -0.39 is 0 Å². The summed E-state index contributed by atoms with van der Waals surface area (Å²) in [6.45, 7) is 4.69. The number of aliphatic hydroxyl groups excluding tert-OH is 1. The van der Waals surface area contributed by atoms with Gasteiger partial charge in [-0.05, 0) is 12.3 Å². The molecule has 0 spiro atoms. The molecule has 0 bridgehead atoms. The Bertz CT molecular complexity index is 53.2. The first-order valence-corrected chi connectivity index (χ1v) is 3.96. The Hall–Kier alpha value is 0.843. The fraction of sp³-hybridized carbons (Fsp3) is 1.00. The molecule has 2 heteroatoms. The fourth-order valence-electron chi connectivity index (χ4n) is 0.917. The first-order chi connectivity index (χ1) is 4.35. The van der Waals surface area contributed by atoms with Crippen molar-refractivity contribution >= 4 is 0 Å². The van der Waals surface area contributed by atoms with Crippen LogP contribution in [0, 0.1) is 5.92 Å². The zero-order valence-corrected chi connectivity index (χ0v) is 9.52. The molecular weight excluding hydrogens is 203 g/mol. The number of aliphatic hydroxyl groups is 1. The van der Waals surface area contributed by atoms with E-state index in [9.17, 15) is 0 Å². The normalized spacial score (nSPS) is 12.3. The molecule has 0 aromatic carbocycles. The van der Waals surface area contributed by atoms with Crippen LogP contribution in [0.2, 0.25) is 0 Å². The summed E-state index contributed by atoms with van der Waals surface area (Å²) in [5, 5.41) is 8.75. The third-order valence-electron chi connectivity index (χ3n) is 1.80. The van der Waals surface area contributed by atoms with Crippen molar-refractivity contribution in [3.63, 3.8) is 0 Å². The van der Waals surface area contributed by atoms with Crippen molar-refractivity contribution in [1.29, 1.82) is 0 Å². The van der Waals surface area contributed by atoms with E-state index in [0.29, 0.717) is 12.5 Å². The summed E-state index contributed by atoms with van der Waals surface area (Å²) in [5.41, 5.74) is 0. The van der Waals surface area contributed by atoms with Crippen molar-refractivity contribution in [2.45, 2.75) is 39.5 Å². The summed E-state index contributed by atoms with van der Waals surface area (Å²) in [7, 11) is 0. The van der Waals surface area contributed by atoms with Gasteiger partial charge in [0.15, 0.2) is 0 Å². The predicted octanol–water partition coefficient (Wildman–Crippen LogP) is 2.19. The number of rotatable bonds is 5. The van der Waals surface area contributed by atoms with Crippen LogP contribution in [0.4, 0.5) is 0 Å². The fourth-order valence-corrected chi connectivity index (χ4v) is 0.917. The minimum atomic E-state index is 0. The van der Waals surface area contributed by atoms with Crippen molar-refractivity contribution in [2.24, 2.45) is 5.92 Å². The van der Waals surface area contributed by atoms with Crippen molar-refractivity contribution in [2.75, 3.05) is 6.61 Å². The molecule has 0 aliphatic carbocycles. The van der Waals surface area contributed by atoms with Gasteiger partial charge in [-0.3, -0.25) is 0 Å². The van der Waals surface area contributed by atoms with Gasteiger partial charge >= 0.3 is 0 Å². The van der Waals surface area contributed by atoms with Crippen molar-refractivity contribution in [3.05, 3.63) is 0 Å². The van der Waals surface area contributed by atoms with Crippen LogP contribution in [-0.4, -0.2) is 11.7 Å². The molecular formula is C8H18OZr. The molecule has 0 aromatic rings. The summed E-state index contributed by atoms with van der Waals surface area (Å²) >= 11 is 0. The van der Waals surface area contributed by atoms with Crippen molar-refractivity contribution in [1.82, 2.24) is 0 Å². The van der Waals surface area contributed by atoms with Gasteiger partial charge < -0.3 is 5.11 Å². The van der Waals surface area contributed by atoms with Gasteiger partial charge in [0, 0.05) is 32.8 Å². The number of unbranched alkanes of at least 4 members (excludes halogenated alkanes) is 1. The topological polar surface area (TPSA) is 20.2 Å². The van der Waals surface area contributed by atoms with Crippen molar-refractivity contribution < 1.29 is 31.3 Å². The Morgan fingerprint density at radius 2 is 1.90 bits per heavy atom. The standard InChI is InChI=1S/C8H18O.Zr/c1-3-5-6-8(4-2)7-9;/h8-9H,3-7H2,1-2H3;. The molecule has 0 aliphatic heterocycles. The van der Waals surface area contributed by atoms with E-state index in [-0.39, 0.29) is 26.2 Å². The molecule has 1 unspecified atom stereocenters. The van der Waals surface area contributed by atoms with Gasteiger partial charge in [0.25, 0.3) is 0 Å². The second-order valence-corrected chi connectivity index (χ2v) is 2.60. The van der Waals surface area contributed by atoms with Crippen LogP contribution in [0.25, 0.3) is 0 Å². The zero-order chi connectivity index (χ0) is 7.11. The first kappa shape index (κ1) is 13.4. The second-order valence-electron chi connectivity index (χ2n) is 2.60. The van der Waals surface area contributed by atoms with Gasteiger partial charge in [0.05, 0.1) is 0 Å². The molecule has 60 valence electrons. The Morgan fingerprint density at radius 3 is 2.20 bits per heavy atom. The molecule has 10 heavy (non-hydrogen) atoms. The molecule has 0 heterocycles. The largest absolute Gasteiger partial charge is 0.396 e. The molecule has 0 aromatic heterocycles. The summed E-state index contributed by atoms with van der Waals surface area (Å²) in [5.74, 6) is 0.560. The Labute approximate surface area is 83.3 Å². The molecule has 0 fully saturated rings. The van der Waals surface area contributed by atoms with Crippen LogP contribution in [0.15, 0.2) is 0 Å². The molecule has 0 radical (unpaired) electrons. The van der Waals surface area contributed by atoms with Crippen LogP contribution in [-0.2, 0) is 26.2 Å². The molecule has 0 rings (SSSR count). The Kier molecular flexibility index (Phi) is 13.2. The molecule has 0 amide bonds. The van der Waals surface area contributed by atoms with Gasteiger partial charge in [-0.1, -0.05) is 33.1 Å². The smallest absolute Gasteiger partial charge is 0.0459 e. The van der Waals surface area contributed by atoms with E-state index in [2.05, 4.69) is 13.8 Å². The number of hydrogen-bond donors (Lipinski definition) is 1. The van der Waals surface area contributed by atoms with Gasteiger partial charge in [-0.15, -0.1) is 0 Å². The molecule has 1 N–H and O–H groups in total. The van der Waals surface area contributed by atoms with Crippen LogP contribution >= 0.6 is 0 Å². The van der Waals surface area contributed by atoms with E-state index in [1.807, 2.05) is 0 Å². The minimum Gasteiger partial charge on any atom is -0.396 e. The van der Waals surface area contributed by atoms with E-state index in [4.69, 9.17) is 5.11 Å². The predicted molar refractivity (Wildman–Crippen MR) is 40.4 cm³/mol. The van der Waals surface area contributed by atoms with Crippen LogP contribution in [0.5, 0.6) is 0 Å². The zero-order valence-electron chi connectivity index (χ0n) is 7.06. The molecule has 1 atom stereocenters. The minimum absolute atomic E-state index is 0. The summed E-state index contributed by atoms with van der Waals surface area (Å²) in [4.78, 5) is 0. The maximum absolute atomic E-state index is 8.75. The summed E-state index contributed by atoms with van der Waals surface area (Å²) in [6, 6.07) is 0. The van der Waals surface area contributed by atoms with E-state index in [0.717, 1.165) is 6.42 Å². The first-order valence-electron chi connectivity index (χ1n) is 3.96. The van der Waals surface area contributed by atoms with Crippen molar-refractivity contribution in [3.8, 4) is 0 Å².